The predicted molar refractivity (Wildman–Crippen MR) is 126 cm³/mol. The number of hydrogen-bond donors (Lipinski definition) is 3. The molecule has 1 aliphatic rings. The van der Waals surface area contributed by atoms with Crippen LogP contribution in [0.4, 0.5) is 4.79 Å². The van der Waals surface area contributed by atoms with Gasteiger partial charge in [-0.25, -0.2) is 9.48 Å². The van der Waals surface area contributed by atoms with Crippen molar-refractivity contribution in [3.05, 3.63) is 71.5 Å². The molecule has 1 unspecified atom stereocenters. The molecule has 10 heteroatoms. The van der Waals surface area contributed by atoms with Crippen LogP contribution in [-0.4, -0.2) is 51.2 Å². The zero-order valence-electron chi connectivity index (χ0n) is 19.3. The first-order valence-corrected chi connectivity index (χ1v) is 11.4. The van der Waals surface area contributed by atoms with Gasteiger partial charge >= 0.3 is 12.1 Å². The fourth-order valence-electron chi connectivity index (χ4n) is 4.16. The van der Waals surface area contributed by atoms with Crippen molar-refractivity contribution in [1.29, 1.82) is 0 Å². The maximum Gasteiger partial charge on any atom is 0.407 e. The number of carbonyl (C=O) groups excluding carboxylic acids is 2. The molecule has 2 aromatic carbocycles. The number of aromatic nitrogens is 3. The minimum absolute atomic E-state index is 0.0269. The monoisotopic (exact) mass is 477 g/mol. The number of fused-ring (bicyclic) bond motifs is 3. The number of amides is 2. The Bertz CT molecular complexity index is 1180. The quantitative estimate of drug-likeness (QED) is 0.408. The fourth-order valence-corrected chi connectivity index (χ4v) is 4.16. The highest BCUT2D eigenvalue weighted by Gasteiger charge is 2.29. The van der Waals surface area contributed by atoms with Crippen molar-refractivity contribution < 1.29 is 24.2 Å². The van der Waals surface area contributed by atoms with Gasteiger partial charge in [0.1, 0.15) is 18.8 Å². The number of nitrogens with zero attached hydrogens (tertiary/aromatic N) is 3. The first kappa shape index (κ1) is 23.9. The number of ether oxygens (including phenoxy) is 1. The molecule has 0 fully saturated rings. The van der Waals surface area contributed by atoms with E-state index in [4.69, 9.17) is 9.84 Å². The van der Waals surface area contributed by atoms with Gasteiger partial charge in [0.15, 0.2) is 0 Å². The van der Waals surface area contributed by atoms with Crippen LogP contribution in [0.3, 0.4) is 0 Å². The Hall–Kier alpha value is -4.21. The molecule has 1 atom stereocenters. The number of aliphatic carboxylic acids is 1. The maximum atomic E-state index is 12.3. The van der Waals surface area contributed by atoms with Gasteiger partial charge in [-0.15, -0.1) is 5.10 Å². The van der Waals surface area contributed by atoms with Crippen molar-refractivity contribution in [1.82, 2.24) is 25.6 Å². The van der Waals surface area contributed by atoms with E-state index in [-0.39, 0.29) is 38.1 Å². The summed E-state index contributed by atoms with van der Waals surface area (Å²) in [4.78, 5) is 35.4. The summed E-state index contributed by atoms with van der Waals surface area (Å²) in [6.45, 7) is 2.00. The SMILES string of the molecule is CCC(CNC(=O)Cn1cc(CNC(=O)OCC2c3ccccc3-c3ccccc32)nn1)C(=O)O. The number of alkyl carbamates (subject to hydrolysis) is 1. The van der Waals surface area contributed by atoms with Gasteiger partial charge in [0, 0.05) is 12.5 Å². The summed E-state index contributed by atoms with van der Waals surface area (Å²) in [5.41, 5.74) is 5.05. The molecule has 182 valence electrons. The van der Waals surface area contributed by atoms with Crippen LogP contribution in [0, 0.1) is 5.92 Å². The molecule has 35 heavy (non-hydrogen) atoms. The first-order chi connectivity index (χ1) is 17.0. The molecule has 0 saturated heterocycles. The lowest BCUT2D eigenvalue weighted by molar-refractivity contribution is -0.141. The molecular formula is C25H27N5O5. The Labute approximate surface area is 202 Å². The molecule has 4 rings (SSSR count). The molecule has 0 aliphatic heterocycles. The molecule has 3 aromatic rings. The van der Waals surface area contributed by atoms with E-state index in [0.29, 0.717) is 12.1 Å². The molecule has 3 N–H and O–H groups in total. The smallest absolute Gasteiger partial charge is 0.407 e. The van der Waals surface area contributed by atoms with E-state index < -0.39 is 18.0 Å². The molecule has 0 radical (unpaired) electrons. The minimum Gasteiger partial charge on any atom is -0.481 e. The average Bonchev–Trinajstić information content (AvgIpc) is 3.43. The summed E-state index contributed by atoms with van der Waals surface area (Å²) < 4.78 is 6.83. The highest BCUT2D eigenvalue weighted by Crippen LogP contribution is 2.44. The topological polar surface area (TPSA) is 135 Å². The van der Waals surface area contributed by atoms with Gasteiger partial charge in [-0.05, 0) is 28.7 Å². The van der Waals surface area contributed by atoms with Gasteiger partial charge in [0.25, 0.3) is 0 Å². The van der Waals surface area contributed by atoms with E-state index in [1.165, 1.54) is 10.9 Å². The number of benzene rings is 2. The number of hydrogen-bond acceptors (Lipinski definition) is 6. The van der Waals surface area contributed by atoms with Crippen LogP contribution in [-0.2, 0) is 27.4 Å². The van der Waals surface area contributed by atoms with Crippen LogP contribution in [0.5, 0.6) is 0 Å². The van der Waals surface area contributed by atoms with Gasteiger partial charge in [-0.1, -0.05) is 60.7 Å². The van der Waals surface area contributed by atoms with Gasteiger partial charge in [0.05, 0.1) is 18.7 Å². The highest BCUT2D eigenvalue weighted by molar-refractivity contribution is 5.79. The largest absolute Gasteiger partial charge is 0.481 e. The lowest BCUT2D eigenvalue weighted by atomic mass is 9.98. The molecule has 10 nitrogen and oxygen atoms in total. The first-order valence-electron chi connectivity index (χ1n) is 11.4. The second-order valence-electron chi connectivity index (χ2n) is 8.33. The maximum absolute atomic E-state index is 12.3. The van der Waals surface area contributed by atoms with Crippen molar-refractivity contribution in [2.75, 3.05) is 13.2 Å². The molecular weight excluding hydrogens is 450 g/mol. The van der Waals surface area contributed by atoms with Gasteiger partial charge < -0.3 is 20.5 Å². The van der Waals surface area contributed by atoms with Crippen molar-refractivity contribution in [2.45, 2.75) is 32.4 Å². The molecule has 1 aromatic heterocycles. The summed E-state index contributed by atoms with van der Waals surface area (Å²) in [5.74, 6) is -1.98. The zero-order valence-corrected chi connectivity index (χ0v) is 19.3. The third kappa shape index (κ3) is 5.65. The van der Waals surface area contributed by atoms with Crippen molar-refractivity contribution in [3.8, 4) is 11.1 Å². The molecule has 1 aliphatic carbocycles. The highest BCUT2D eigenvalue weighted by atomic mass is 16.5. The number of carboxylic acids is 1. The molecule has 0 saturated carbocycles. The van der Waals surface area contributed by atoms with Crippen molar-refractivity contribution in [2.24, 2.45) is 5.92 Å². The van der Waals surface area contributed by atoms with Crippen LogP contribution in [0.2, 0.25) is 0 Å². The lowest BCUT2D eigenvalue weighted by Gasteiger charge is -2.14. The Kier molecular flexibility index (Phi) is 7.39. The lowest BCUT2D eigenvalue weighted by Crippen LogP contribution is -2.34. The van der Waals surface area contributed by atoms with E-state index in [9.17, 15) is 14.4 Å². The van der Waals surface area contributed by atoms with Crippen LogP contribution in [0.15, 0.2) is 54.7 Å². The van der Waals surface area contributed by atoms with Gasteiger partial charge in [-0.3, -0.25) is 9.59 Å². The third-order valence-electron chi connectivity index (χ3n) is 6.04. The molecule has 2 amide bonds. The Morgan fingerprint density at radius 2 is 1.71 bits per heavy atom. The second-order valence-corrected chi connectivity index (χ2v) is 8.33. The van der Waals surface area contributed by atoms with E-state index >= 15 is 0 Å². The average molecular weight is 478 g/mol. The number of carboxylic acid groups (broad SMARTS) is 1. The van der Waals surface area contributed by atoms with Crippen molar-refractivity contribution in [3.63, 3.8) is 0 Å². The Balaban J connectivity index is 1.24. The normalized spacial score (nSPS) is 12.9. The van der Waals surface area contributed by atoms with Gasteiger partial charge in [-0.2, -0.15) is 0 Å². The summed E-state index contributed by atoms with van der Waals surface area (Å²) in [7, 11) is 0. The summed E-state index contributed by atoms with van der Waals surface area (Å²) in [6.07, 6.45) is 1.39. The number of nitrogens with one attached hydrogen (secondary N) is 2. The number of rotatable bonds is 10. The second kappa shape index (κ2) is 10.8. The van der Waals surface area contributed by atoms with E-state index in [1.54, 1.807) is 6.92 Å². The Morgan fingerprint density at radius 3 is 2.34 bits per heavy atom. The van der Waals surface area contributed by atoms with Crippen LogP contribution < -0.4 is 10.6 Å². The predicted octanol–water partition coefficient (Wildman–Crippen LogP) is 2.54. The minimum atomic E-state index is -0.949. The standard InChI is InChI=1S/C25H27N5O5/c1-2-16(24(32)33)11-26-23(31)14-30-13-17(28-29-30)12-27-25(34)35-15-22-20-9-5-3-7-18(20)19-8-4-6-10-21(19)22/h3-10,13,16,22H,2,11-12,14-15H2,1H3,(H,26,31)(H,27,34)(H,32,33). The van der Waals surface area contributed by atoms with E-state index in [0.717, 1.165) is 22.3 Å². The third-order valence-corrected chi connectivity index (χ3v) is 6.04. The van der Waals surface area contributed by atoms with E-state index in [2.05, 4.69) is 45.2 Å². The van der Waals surface area contributed by atoms with Gasteiger partial charge in [0.2, 0.25) is 5.91 Å². The van der Waals surface area contributed by atoms with E-state index in [1.807, 2.05) is 24.3 Å². The Morgan fingerprint density at radius 1 is 1.06 bits per heavy atom. The molecule has 0 spiro atoms. The van der Waals surface area contributed by atoms with Crippen molar-refractivity contribution >= 4 is 18.0 Å². The summed E-state index contributed by atoms with van der Waals surface area (Å²) in [6, 6.07) is 16.2. The summed E-state index contributed by atoms with van der Waals surface area (Å²) >= 11 is 0. The molecule has 1 heterocycles. The zero-order chi connectivity index (χ0) is 24.8. The summed E-state index contributed by atoms with van der Waals surface area (Å²) in [5, 5.41) is 22.1. The van der Waals surface area contributed by atoms with Crippen LogP contribution in [0.25, 0.3) is 11.1 Å². The van der Waals surface area contributed by atoms with Crippen LogP contribution >= 0.6 is 0 Å². The number of carbonyl (C=O) groups is 3. The van der Waals surface area contributed by atoms with Crippen LogP contribution in [0.1, 0.15) is 36.1 Å². The molecule has 0 bridgehead atoms. The fraction of sp³-hybridized carbons (Fsp3) is 0.320.